The number of hydrogen-bond donors (Lipinski definition) is 0. The smallest absolute Gasteiger partial charge is 0.140 e. The summed E-state index contributed by atoms with van der Waals surface area (Å²) in [5, 5.41) is 0.763. The number of aromatic nitrogens is 2. The molecule has 3 rings (SSSR count). The van der Waals surface area contributed by atoms with E-state index in [4.69, 9.17) is 4.74 Å². The van der Waals surface area contributed by atoms with Gasteiger partial charge in [-0.1, -0.05) is 20.8 Å². The maximum atomic E-state index is 13.7. The summed E-state index contributed by atoms with van der Waals surface area (Å²) in [6.07, 6.45) is 4.63. The van der Waals surface area contributed by atoms with Crippen LogP contribution >= 0.6 is 0 Å². The van der Waals surface area contributed by atoms with Gasteiger partial charge < -0.3 is 4.74 Å². The van der Waals surface area contributed by atoms with E-state index in [0.717, 1.165) is 39.9 Å². The molecule has 0 saturated heterocycles. The van der Waals surface area contributed by atoms with E-state index in [1.807, 2.05) is 19.1 Å². The lowest BCUT2D eigenvalue weighted by Gasteiger charge is -2.16. The van der Waals surface area contributed by atoms with Gasteiger partial charge in [0.2, 0.25) is 0 Å². The first kappa shape index (κ1) is 18.3. The first-order valence-electron chi connectivity index (χ1n) is 9.08. The molecule has 0 radical (unpaired) electrons. The molecule has 0 amide bonds. The molecule has 2 aromatic heterocycles. The van der Waals surface area contributed by atoms with E-state index in [2.05, 4.69) is 30.7 Å². The Kier molecular flexibility index (Phi) is 5.50. The standard InChI is InChI=1S/C22H25FN2O/c1-14(2)9-15(3)13-26-22-12-25-21(10-16(22)4)18-7-8-24-20-6-5-17(23)11-19(18)20/h5-8,10-12,14-15H,9,13H2,1-4H3. The van der Waals surface area contributed by atoms with Crippen LogP contribution in [0.15, 0.2) is 42.7 Å². The fraction of sp³-hybridized carbons (Fsp3) is 0.364. The van der Waals surface area contributed by atoms with Crippen LogP contribution in [0.1, 0.15) is 32.8 Å². The molecule has 0 fully saturated rings. The van der Waals surface area contributed by atoms with Gasteiger partial charge in [0.1, 0.15) is 11.6 Å². The summed E-state index contributed by atoms with van der Waals surface area (Å²) in [6, 6.07) is 8.48. The number of rotatable bonds is 6. The highest BCUT2D eigenvalue weighted by molar-refractivity contribution is 5.93. The largest absolute Gasteiger partial charge is 0.491 e. The first-order chi connectivity index (χ1) is 12.4. The SMILES string of the molecule is Cc1cc(-c2ccnc3ccc(F)cc23)ncc1OCC(C)CC(C)C. The molecule has 1 unspecified atom stereocenters. The zero-order chi connectivity index (χ0) is 18.7. The molecule has 0 aliphatic rings. The van der Waals surface area contributed by atoms with Crippen LogP contribution in [0.4, 0.5) is 4.39 Å². The molecule has 3 nitrogen and oxygen atoms in total. The van der Waals surface area contributed by atoms with Crippen LogP contribution in [0.3, 0.4) is 0 Å². The Bertz CT molecular complexity index is 908. The Morgan fingerprint density at radius 3 is 2.62 bits per heavy atom. The van der Waals surface area contributed by atoms with Gasteiger partial charge in [-0.05, 0) is 61.1 Å². The number of ether oxygens (including phenoxy) is 1. The van der Waals surface area contributed by atoms with E-state index >= 15 is 0 Å². The van der Waals surface area contributed by atoms with Crippen LogP contribution in [0, 0.1) is 24.6 Å². The molecular weight excluding hydrogens is 327 g/mol. The van der Waals surface area contributed by atoms with Crippen molar-refractivity contribution in [1.29, 1.82) is 0 Å². The quantitative estimate of drug-likeness (QED) is 0.562. The fourth-order valence-electron chi connectivity index (χ4n) is 3.29. The predicted molar refractivity (Wildman–Crippen MR) is 104 cm³/mol. The summed E-state index contributed by atoms with van der Waals surface area (Å²) in [6.45, 7) is 9.34. The van der Waals surface area contributed by atoms with Crippen LogP contribution in [-0.4, -0.2) is 16.6 Å². The second-order valence-corrected chi connectivity index (χ2v) is 7.40. The Morgan fingerprint density at radius 2 is 1.88 bits per heavy atom. The minimum atomic E-state index is -0.275. The van der Waals surface area contributed by atoms with E-state index in [9.17, 15) is 4.39 Å². The molecule has 0 saturated carbocycles. The van der Waals surface area contributed by atoms with Crippen LogP contribution in [0.2, 0.25) is 0 Å². The van der Waals surface area contributed by atoms with Crippen molar-refractivity contribution in [3.8, 4) is 17.0 Å². The van der Waals surface area contributed by atoms with Crippen molar-refractivity contribution in [1.82, 2.24) is 9.97 Å². The van der Waals surface area contributed by atoms with Crippen molar-refractivity contribution in [3.05, 3.63) is 54.1 Å². The van der Waals surface area contributed by atoms with Crippen LogP contribution in [0.5, 0.6) is 5.75 Å². The van der Waals surface area contributed by atoms with E-state index in [1.165, 1.54) is 12.1 Å². The van der Waals surface area contributed by atoms with Crippen LogP contribution < -0.4 is 4.74 Å². The molecule has 136 valence electrons. The number of fused-ring (bicyclic) bond motifs is 1. The number of halogens is 1. The summed E-state index contributed by atoms with van der Waals surface area (Å²) in [4.78, 5) is 8.85. The van der Waals surface area contributed by atoms with Crippen molar-refractivity contribution in [2.75, 3.05) is 6.61 Å². The van der Waals surface area contributed by atoms with Gasteiger partial charge in [-0.3, -0.25) is 9.97 Å². The second-order valence-electron chi connectivity index (χ2n) is 7.40. The minimum Gasteiger partial charge on any atom is -0.491 e. The van der Waals surface area contributed by atoms with Crippen molar-refractivity contribution in [3.63, 3.8) is 0 Å². The van der Waals surface area contributed by atoms with Gasteiger partial charge in [0.15, 0.2) is 0 Å². The zero-order valence-electron chi connectivity index (χ0n) is 15.8. The number of benzene rings is 1. The molecule has 2 heterocycles. The van der Waals surface area contributed by atoms with Crippen molar-refractivity contribution in [2.24, 2.45) is 11.8 Å². The first-order valence-corrected chi connectivity index (χ1v) is 9.08. The van der Waals surface area contributed by atoms with Gasteiger partial charge in [-0.25, -0.2) is 4.39 Å². The Labute approximate surface area is 154 Å². The maximum absolute atomic E-state index is 13.7. The highest BCUT2D eigenvalue weighted by Crippen LogP contribution is 2.29. The Morgan fingerprint density at radius 1 is 1.08 bits per heavy atom. The summed E-state index contributed by atoms with van der Waals surface area (Å²) in [5.74, 6) is 1.69. The third-order valence-electron chi connectivity index (χ3n) is 4.44. The fourth-order valence-corrected chi connectivity index (χ4v) is 3.29. The number of hydrogen-bond acceptors (Lipinski definition) is 3. The lowest BCUT2D eigenvalue weighted by Crippen LogP contribution is -2.11. The topological polar surface area (TPSA) is 35.0 Å². The van der Waals surface area contributed by atoms with E-state index in [1.54, 1.807) is 18.5 Å². The summed E-state index contributed by atoms with van der Waals surface area (Å²) >= 11 is 0. The van der Waals surface area contributed by atoms with Gasteiger partial charge in [0.25, 0.3) is 0 Å². The van der Waals surface area contributed by atoms with Crippen LogP contribution in [-0.2, 0) is 0 Å². The number of pyridine rings is 2. The second kappa shape index (κ2) is 7.81. The Balaban J connectivity index is 1.85. The molecule has 3 aromatic rings. The molecule has 0 N–H and O–H groups in total. The summed E-state index contributed by atoms with van der Waals surface area (Å²) < 4.78 is 19.6. The summed E-state index contributed by atoms with van der Waals surface area (Å²) in [5.41, 5.74) is 3.44. The molecule has 0 aliphatic heterocycles. The number of nitrogens with zero attached hydrogens (tertiary/aromatic N) is 2. The van der Waals surface area contributed by atoms with Crippen molar-refractivity contribution >= 4 is 10.9 Å². The molecule has 0 bridgehead atoms. The molecule has 0 aliphatic carbocycles. The third kappa shape index (κ3) is 4.18. The van der Waals surface area contributed by atoms with Gasteiger partial charge in [0.05, 0.1) is 24.0 Å². The van der Waals surface area contributed by atoms with Gasteiger partial charge in [-0.15, -0.1) is 0 Å². The van der Waals surface area contributed by atoms with Crippen LogP contribution in [0.25, 0.3) is 22.2 Å². The number of aryl methyl sites for hydroxylation is 1. The average molecular weight is 352 g/mol. The van der Waals surface area contributed by atoms with Gasteiger partial charge in [-0.2, -0.15) is 0 Å². The zero-order valence-corrected chi connectivity index (χ0v) is 15.8. The minimum absolute atomic E-state index is 0.275. The molecule has 26 heavy (non-hydrogen) atoms. The molecule has 4 heteroatoms. The maximum Gasteiger partial charge on any atom is 0.140 e. The van der Waals surface area contributed by atoms with Crippen molar-refractivity contribution in [2.45, 2.75) is 34.1 Å². The lowest BCUT2D eigenvalue weighted by molar-refractivity contribution is 0.237. The normalized spacial score (nSPS) is 12.5. The summed E-state index contributed by atoms with van der Waals surface area (Å²) in [7, 11) is 0. The molecule has 1 atom stereocenters. The van der Waals surface area contributed by atoms with Gasteiger partial charge in [0, 0.05) is 17.1 Å². The molecular formula is C22H25FN2O. The Hall–Kier alpha value is -2.49. The highest BCUT2D eigenvalue weighted by atomic mass is 19.1. The van der Waals surface area contributed by atoms with Crippen molar-refractivity contribution < 1.29 is 9.13 Å². The van der Waals surface area contributed by atoms with Gasteiger partial charge >= 0.3 is 0 Å². The molecule has 0 spiro atoms. The average Bonchev–Trinajstić information content (AvgIpc) is 2.59. The monoisotopic (exact) mass is 352 g/mol. The lowest BCUT2D eigenvalue weighted by atomic mass is 10.00. The predicted octanol–water partition coefficient (Wildman–Crippen LogP) is 5.81. The van der Waals surface area contributed by atoms with E-state index in [0.29, 0.717) is 18.4 Å². The highest BCUT2D eigenvalue weighted by Gasteiger charge is 2.11. The van der Waals surface area contributed by atoms with E-state index < -0.39 is 0 Å². The van der Waals surface area contributed by atoms with E-state index in [-0.39, 0.29) is 5.82 Å². The molecule has 1 aromatic carbocycles. The third-order valence-corrected chi connectivity index (χ3v) is 4.44.